The minimum atomic E-state index is -0.355. The van der Waals surface area contributed by atoms with Gasteiger partial charge in [0, 0.05) is 30.8 Å². The zero-order valence-corrected chi connectivity index (χ0v) is 16.2. The van der Waals surface area contributed by atoms with Crippen LogP contribution in [0.1, 0.15) is 39.3 Å². The van der Waals surface area contributed by atoms with Crippen LogP contribution in [0.25, 0.3) is 5.69 Å². The van der Waals surface area contributed by atoms with E-state index in [4.69, 9.17) is 0 Å². The summed E-state index contributed by atoms with van der Waals surface area (Å²) in [6.07, 6.45) is 2.93. The molecule has 1 aliphatic rings. The van der Waals surface area contributed by atoms with Crippen LogP contribution in [0.2, 0.25) is 0 Å². The first kappa shape index (κ1) is 19.1. The van der Waals surface area contributed by atoms with E-state index in [1.807, 2.05) is 31.2 Å². The summed E-state index contributed by atoms with van der Waals surface area (Å²) in [5, 5.41) is 4.30. The number of hydrogen-bond donors (Lipinski definition) is 0. The maximum Gasteiger partial charge on any atom is 0.274 e. The van der Waals surface area contributed by atoms with E-state index in [2.05, 4.69) is 5.10 Å². The third-order valence-corrected chi connectivity index (χ3v) is 5.37. The Kier molecular flexibility index (Phi) is 5.25. The predicted octanol–water partition coefficient (Wildman–Crippen LogP) is 4.05. The number of carbonyl (C=O) groups is 2. The number of aromatic nitrogens is 2. The van der Waals surface area contributed by atoms with Gasteiger partial charge in [-0.05, 0) is 44.0 Å². The molecule has 2 aromatic carbocycles. The SMILES string of the molecule is Cc1ccc(C(=O)C2CCN(C(=O)c3ccn(-c4cccc(F)c4)n3)CC2)cc1. The van der Waals surface area contributed by atoms with E-state index in [0.717, 1.165) is 11.1 Å². The molecule has 5 nitrogen and oxygen atoms in total. The molecular weight excluding hydrogens is 369 g/mol. The summed E-state index contributed by atoms with van der Waals surface area (Å²) in [4.78, 5) is 27.2. The molecule has 3 aromatic rings. The Morgan fingerprint density at radius 1 is 1.03 bits per heavy atom. The standard InChI is InChI=1S/C23H22FN3O2/c1-16-5-7-17(8-6-16)22(28)18-9-12-26(13-10-18)23(29)21-11-14-27(25-21)20-4-2-3-19(24)15-20/h2-8,11,14-15,18H,9-10,12-13H2,1H3. The molecule has 1 fully saturated rings. The van der Waals surface area contributed by atoms with Crippen LogP contribution < -0.4 is 0 Å². The number of amides is 1. The van der Waals surface area contributed by atoms with Gasteiger partial charge in [0.05, 0.1) is 5.69 Å². The second-order valence-electron chi connectivity index (χ2n) is 7.42. The first-order chi connectivity index (χ1) is 14.0. The Labute approximate surface area is 168 Å². The van der Waals surface area contributed by atoms with Crippen molar-refractivity contribution < 1.29 is 14.0 Å². The molecule has 2 heterocycles. The fourth-order valence-electron chi connectivity index (χ4n) is 3.66. The van der Waals surface area contributed by atoms with Crippen LogP contribution in [-0.4, -0.2) is 39.5 Å². The number of halogens is 1. The summed E-state index contributed by atoms with van der Waals surface area (Å²) in [5.74, 6) is -0.438. The lowest BCUT2D eigenvalue weighted by Crippen LogP contribution is -2.40. The molecule has 148 valence electrons. The fourth-order valence-corrected chi connectivity index (χ4v) is 3.66. The molecule has 0 spiro atoms. The van der Waals surface area contributed by atoms with Gasteiger partial charge < -0.3 is 4.90 Å². The van der Waals surface area contributed by atoms with E-state index in [1.165, 1.54) is 16.8 Å². The van der Waals surface area contributed by atoms with Gasteiger partial charge in [-0.2, -0.15) is 5.10 Å². The van der Waals surface area contributed by atoms with Gasteiger partial charge in [0.1, 0.15) is 5.82 Å². The number of ketones is 1. The van der Waals surface area contributed by atoms with Crippen LogP contribution in [0.4, 0.5) is 4.39 Å². The van der Waals surface area contributed by atoms with Crippen molar-refractivity contribution in [2.45, 2.75) is 19.8 Å². The van der Waals surface area contributed by atoms with Gasteiger partial charge in [-0.1, -0.05) is 35.9 Å². The van der Waals surface area contributed by atoms with E-state index in [-0.39, 0.29) is 23.4 Å². The summed E-state index contributed by atoms with van der Waals surface area (Å²) >= 11 is 0. The third kappa shape index (κ3) is 4.11. The Bertz CT molecular complexity index is 1030. The minimum absolute atomic E-state index is 0.0633. The zero-order valence-electron chi connectivity index (χ0n) is 16.2. The Morgan fingerprint density at radius 3 is 2.45 bits per heavy atom. The molecule has 0 aliphatic carbocycles. The Balaban J connectivity index is 1.39. The summed E-state index contributed by atoms with van der Waals surface area (Å²) in [7, 11) is 0. The molecule has 0 bridgehead atoms. The first-order valence-electron chi connectivity index (χ1n) is 9.73. The molecule has 1 aliphatic heterocycles. The highest BCUT2D eigenvalue weighted by Gasteiger charge is 2.29. The average molecular weight is 391 g/mol. The van der Waals surface area contributed by atoms with Gasteiger partial charge in [0.2, 0.25) is 0 Å². The van der Waals surface area contributed by atoms with E-state index in [9.17, 15) is 14.0 Å². The van der Waals surface area contributed by atoms with Crippen LogP contribution in [0.5, 0.6) is 0 Å². The van der Waals surface area contributed by atoms with Crippen LogP contribution in [-0.2, 0) is 0 Å². The van der Waals surface area contributed by atoms with E-state index in [0.29, 0.717) is 37.3 Å². The van der Waals surface area contributed by atoms with Crippen molar-refractivity contribution in [1.82, 2.24) is 14.7 Å². The highest BCUT2D eigenvalue weighted by molar-refractivity contribution is 5.98. The van der Waals surface area contributed by atoms with Crippen molar-refractivity contribution in [3.05, 3.63) is 83.4 Å². The number of likely N-dealkylation sites (tertiary alicyclic amines) is 1. The fraction of sp³-hybridized carbons (Fsp3) is 0.261. The molecule has 0 unspecified atom stereocenters. The number of rotatable bonds is 4. The van der Waals surface area contributed by atoms with Crippen molar-refractivity contribution in [1.29, 1.82) is 0 Å². The molecule has 1 amide bonds. The lowest BCUT2D eigenvalue weighted by Gasteiger charge is -2.30. The van der Waals surface area contributed by atoms with Gasteiger partial charge in [-0.25, -0.2) is 9.07 Å². The van der Waals surface area contributed by atoms with E-state index < -0.39 is 0 Å². The van der Waals surface area contributed by atoms with Gasteiger partial charge >= 0.3 is 0 Å². The highest BCUT2D eigenvalue weighted by Crippen LogP contribution is 2.23. The van der Waals surface area contributed by atoms with Gasteiger partial charge in [0.25, 0.3) is 5.91 Å². The number of Topliss-reactive ketones (excluding diaryl/α,β-unsaturated/α-hetero) is 1. The summed E-state index contributed by atoms with van der Waals surface area (Å²) < 4.78 is 14.9. The van der Waals surface area contributed by atoms with Crippen LogP contribution in [0, 0.1) is 18.7 Å². The van der Waals surface area contributed by atoms with Crippen LogP contribution in [0.3, 0.4) is 0 Å². The highest BCUT2D eigenvalue weighted by atomic mass is 19.1. The molecule has 1 saturated heterocycles. The number of benzene rings is 2. The van der Waals surface area contributed by atoms with Crippen LogP contribution >= 0.6 is 0 Å². The molecule has 1 aromatic heterocycles. The van der Waals surface area contributed by atoms with Crippen LogP contribution in [0.15, 0.2) is 60.8 Å². The molecule has 0 atom stereocenters. The lowest BCUT2D eigenvalue weighted by atomic mass is 9.88. The number of piperidine rings is 1. The quantitative estimate of drug-likeness (QED) is 0.631. The average Bonchev–Trinajstić information content (AvgIpc) is 3.24. The number of carbonyl (C=O) groups excluding carboxylic acids is 2. The largest absolute Gasteiger partial charge is 0.337 e. The molecule has 0 saturated carbocycles. The maximum atomic E-state index is 13.4. The van der Waals surface area contributed by atoms with E-state index >= 15 is 0 Å². The smallest absolute Gasteiger partial charge is 0.274 e. The second-order valence-corrected chi connectivity index (χ2v) is 7.42. The molecule has 4 rings (SSSR count). The first-order valence-corrected chi connectivity index (χ1v) is 9.73. The van der Waals surface area contributed by atoms with Gasteiger partial charge in [-0.3, -0.25) is 9.59 Å². The summed E-state index contributed by atoms with van der Waals surface area (Å²) in [5.41, 5.74) is 2.73. The number of nitrogens with zero attached hydrogens (tertiary/aromatic N) is 3. The van der Waals surface area contributed by atoms with Crippen molar-refractivity contribution in [3.8, 4) is 5.69 Å². The van der Waals surface area contributed by atoms with E-state index in [1.54, 1.807) is 29.3 Å². The van der Waals surface area contributed by atoms with Crippen molar-refractivity contribution in [2.75, 3.05) is 13.1 Å². The van der Waals surface area contributed by atoms with Crippen molar-refractivity contribution in [2.24, 2.45) is 5.92 Å². The molecule has 29 heavy (non-hydrogen) atoms. The Morgan fingerprint density at radius 2 is 1.76 bits per heavy atom. The van der Waals surface area contributed by atoms with Crippen molar-refractivity contribution >= 4 is 11.7 Å². The molecule has 0 radical (unpaired) electrons. The topological polar surface area (TPSA) is 55.2 Å². The van der Waals surface area contributed by atoms with Gasteiger partial charge in [0.15, 0.2) is 11.5 Å². The predicted molar refractivity (Wildman–Crippen MR) is 108 cm³/mol. The molecule has 0 N–H and O–H groups in total. The Hall–Kier alpha value is -3.28. The zero-order chi connectivity index (χ0) is 20.4. The normalized spacial score (nSPS) is 14.8. The third-order valence-electron chi connectivity index (χ3n) is 5.37. The lowest BCUT2D eigenvalue weighted by molar-refractivity contribution is 0.0645. The molecule has 6 heteroatoms. The second kappa shape index (κ2) is 7.99. The monoisotopic (exact) mass is 391 g/mol. The minimum Gasteiger partial charge on any atom is -0.337 e. The summed E-state index contributed by atoms with van der Waals surface area (Å²) in [6, 6.07) is 15.3. The number of hydrogen-bond acceptors (Lipinski definition) is 3. The van der Waals surface area contributed by atoms with Crippen molar-refractivity contribution in [3.63, 3.8) is 0 Å². The summed E-state index contributed by atoms with van der Waals surface area (Å²) in [6.45, 7) is 3.04. The maximum absolute atomic E-state index is 13.4. The molecular formula is C23H22FN3O2. The number of aryl methyl sites for hydroxylation is 1. The van der Waals surface area contributed by atoms with Gasteiger partial charge in [-0.15, -0.1) is 0 Å².